The number of nitrogens with zero attached hydrogens (tertiary/aromatic N) is 3. The van der Waals surface area contributed by atoms with E-state index in [9.17, 15) is 4.79 Å². The van der Waals surface area contributed by atoms with Crippen molar-refractivity contribution < 1.29 is 14.3 Å². The van der Waals surface area contributed by atoms with Gasteiger partial charge in [-0.3, -0.25) is 4.79 Å². The van der Waals surface area contributed by atoms with E-state index in [0.29, 0.717) is 18.9 Å². The van der Waals surface area contributed by atoms with E-state index in [1.165, 1.54) is 11.8 Å². The molecule has 0 aliphatic heterocycles. The number of rotatable bonds is 10. The second kappa shape index (κ2) is 9.43. The van der Waals surface area contributed by atoms with E-state index < -0.39 is 0 Å². The molecule has 7 nitrogen and oxygen atoms in total. The van der Waals surface area contributed by atoms with E-state index >= 15 is 0 Å². The average Bonchev–Trinajstić information content (AvgIpc) is 3.33. The van der Waals surface area contributed by atoms with Crippen LogP contribution in [0, 0.1) is 0 Å². The lowest BCUT2D eigenvalue weighted by Gasteiger charge is -2.09. The smallest absolute Gasteiger partial charge is 0.219 e. The number of ether oxygens (including phenoxy) is 2. The van der Waals surface area contributed by atoms with Gasteiger partial charge in [0.15, 0.2) is 11.0 Å². The Morgan fingerprint density at radius 2 is 2.00 bits per heavy atom. The number of hydrogen-bond donors (Lipinski definition) is 1. The molecule has 0 unspecified atom stereocenters. The highest BCUT2D eigenvalue weighted by atomic mass is 32.2. The summed E-state index contributed by atoms with van der Waals surface area (Å²) in [5, 5.41) is 11.3. The van der Waals surface area contributed by atoms with Crippen molar-refractivity contribution in [3.05, 3.63) is 41.8 Å². The van der Waals surface area contributed by atoms with Crippen molar-refractivity contribution in [1.82, 2.24) is 14.8 Å². The van der Waals surface area contributed by atoms with Crippen LogP contribution < -0.4 is 15.2 Å². The van der Waals surface area contributed by atoms with E-state index in [4.69, 9.17) is 15.2 Å². The number of primary amides is 1. The summed E-state index contributed by atoms with van der Waals surface area (Å²) in [6.07, 6.45) is 0.242. The minimum Gasteiger partial charge on any atom is -0.497 e. The molecule has 0 radical (unpaired) electrons. The molecule has 3 aromatic rings. The second-order valence-electron chi connectivity index (χ2n) is 5.52. The Hall–Kier alpha value is -2.52. The van der Waals surface area contributed by atoms with E-state index in [1.54, 1.807) is 18.4 Å². The molecule has 0 bridgehead atoms. The fourth-order valence-corrected chi connectivity index (χ4v) is 3.87. The van der Waals surface area contributed by atoms with Gasteiger partial charge in [0.1, 0.15) is 11.5 Å². The predicted molar refractivity (Wildman–Crippen MR) is 106 cm³/mol. The van der Waals surface area contributed by atoms with Crippen LogP contribution in [-0.2, 0) is 11.3 Å². The SMILES string of the molecule is COc1ccc(OCCSc2nnc(-c3cccs3)n2CCC(N)=O)cc1. The van der Waals surface area contributed by atoms with Crippen LogP contribution in [0.1, 0.15) is 6.42 Å². The zero-order chi connectivity index (χ0) is 19.1. The van der Waals surface area contributed by atoms with Crippen LogP contribution in [0.5, 0.6) is 11.5 Å². The summed E-state index contributed by atoms with van der Waals surface area (Å²) in [7, 11) is 1.63. The van der Waals surface area contributed by atoms with Crippen molar-refractivity contribution >= 4 is 29.0 Å². The van der Waals surface area contributed by atoms with Gasteiger partial charge in [-0.05, 0) is 35.7 Å². The van der Waals surface area contributed by atoms with Crippen LogP contribution in [-0.4, -0.2) is 40.1 Å². The standard InChI is InChI=1S/C18H20N4O3S2/c1-24-13-4-6-14(7-5-13)25-10-12-27-18-21-20-17(15-3-2-11-26-15)22(18)9-8-16(19)23/h2-7,11H,8-10,12H2,1H3,(H2,19,23). The molecule has 0 saturated heterocycles. The first-order valence-corrected chi connectivity index (χ1v) is 10.2. The number of nitrogens with two attached hydrogens (primary N) is 1. The predicted octanol–water partition coefficient (Wildman–Crippen LogP) is 3.06. The quantitative estimate of drug-likeness (QED) is 0.412. The Labute approximate surface area is 165 Å². The Balaban J connectivity index is 1.60. The van der Waals surface area contributed by atoms with E-state index in [-0.39, 0.29) is 12.3 Å². The number of thiophene rings is 1. The second-order valence-corrected chi connectivity index (χ2v) is 7.53. The molecule has 0 aliphatic carbocycles. The molecule has 1 amide bonds. The molecule has 142 valence electrons. The molecular formula is C18H20N4O3S2. The van der Waals surface area contributed by atoms with Gasteiger partial charge in [0.2, 0.25) is 5.91 Å². The summed E-state index contributed by atoms with van der Waals surface area (Å²) in [4.78, 5) is 12.2. The van der Waals surface area contributed by atoms with E-state index in [2.05, 4.69) is 10.2 Å². The number of carbonyl (C=O) groups is 1. The number of methoxy groups -OCH3 is 1. The molecule has 2 aromatic heterocycles. The number of amides is 1. The van der Waals surface area contributed by atoms with E-state index in [1.807, 2.05) is 46.3 Å². The van der Waals surface area contributed by atoms with Gasteiger partial charge in [-0.1, -0.05) is 17.8 Å². The first-order valence-electron chi connectivity index (χ1n) is 8.32. The number of benzene rings is 1. The zero-order valence-corrected chi connectivity index (χ0v) is 16.5. The van der Waals surface area contributed by atoms with Crippen LogP contribution in [0.25, 0.3) is 10.7 Å². The van der Waals surface area contributed by atoms with Gasteiger partial charge in [-0.15, -0.1) is 21.5 Å². The minimum absolute atomic E-state index is 0.242. The van der Waals surface area contributed by atoms with Crippen molar-refractivity contribution in [1.29, 1.82) is 0 Å². The number of thioether (sulfide) groups is 1. The zero-order valence-electron chi connectivity index (χ0n) is 14.8. The Morgan fingerprint density at radius 1 is 1.22 bits per heavy atom. The molecule has 27 heavy (non-hydrogen) atoms. The van der Waals surface area contributed by atoms with Crippen molar-refractivity contribution in [2.24, 2.45) is 5.73 Å². The maximum atomic E-state index is 11.2. The topological polar surface area (TPSA) is 92.3 Å². The minimum atomic E-state index is -0.348. The summed E-state index contributed by atoms with van der Waals surface area (Å²) in [5.41, 5.74) is 5.31. The third-order valence-electron chi connectivity index (χ3n) is 3.68. The Kier molecular flexibility index (Phi) is 6.72. The third-order valence-corrected chi connectivity index (χ3v) is 5.48. The molecule has 9 heteroatoms. The average molecular weight is 405 g/mol. The van der Waals surface area contributed by atoms with Crippen LogP contribution in [0.15, 0.2) is 46.9 Å². The molecule has 0 fully saturated rings. The first-order chi connectivity index (χ1) is 13.2. The molecule has 0 spiro atoms. The lowest BCUT2D eigenvalue weighted by Crippen LogP contribution is -2.15. The van der Waals surface area contributed by atoms with Gasteiger partial charge in [-0.2, -0.15) is 0 Å². The largest absolute Gasteiger partial charge is 0.497 e. The van der Waals surface area contributed by atoms with Crippen molar-refractivity contribution in [2.75, 3.05) is 19.5 Å². The molecule has 0 saturated carbocycles. The van der Waals surface area contributed by atoms with Crippen molar-refractivity contribution in [2.45, 2.75) is 18.1 Å². The van der Waals surface area contributed by atoms with Gasteiger partial charge in [-0.25, -0.2) is 0 Å². The third kappa shape index (κ3) is 5.24. The highest BCUT2D eigenvalue weighted by Crippen LogP contribution is 2.27. The van der Waals surface area contributed by atoms with Crippen molar-refractivity contribution in [3.8, 4) is 22.2 Å². The van der Waals surface area contributed by atoms with Gasteiger partial charge in [0.25, 0.3) is 0 Å². The van der Waals surface area contributed by atoms with Gasteiger partial charge in [0.05, 0.1) is 18.6 Å². The first kappa shape index (κ1) is 19.2. The summed E-state index contributed by atoms with van der Waals surface area (Å²) in [6, 6.07) is 11.4. The number of carbonyl (C=O) groups excluding carboxylic acids is 1. The summed E-state index contributed by atoms with van der Waals surface area (Å²) >= 11 is 3.12. The van der Waals surface area contributed by atoms with Gasteiger partial charge >= 0.3 is 0 Å². The molecule has 2 N–H and O–H groups in total. The van der Waals surface area contributed by atoms with Crippen LogP contribution >= 0.6 is 23.1 Å². The molecular weight excluding hydrogens is 384 g/mol. The lowest BCUT2D eigenvalue weighted by molar-refractivity contribution is -0.118. The van der Waals surface area contributed by atoms with Crippen LogP contribution in [0.3, 0.4) is 0 Å². The number of hydrogen-bond acceptors (Lipinski definition) is 7. The monoisotopic (exact) mass is 404 g/mol. The fraction of sp³-hybridized carbons (Fsp3) is 0.278. The van der Waals surface area contributed by atoms with Crippen molar-refractivity contribution in [3.63, 3.8) is 0 Å². The Bertz CT molecular complexity index is 863. The summed E-state index contributed by atoms with van der Waals surface area (Å²) in [5.74, 6) is 2.68. The normalized spacial score (nSPS) is 10.7. The highest BCUT2D eigenvalue weighted by molar-refractivity contribution is 7.99. The lowest BCUT2D eigenvalue weighted by atomic mass is 10.3. The van der Waals surface area contributed by atoms with Gasteiger partial charge in [0, 0.05) is 18.7 Å². The molecule has 3 rings (SSSR count). The summed E-state index contributed by atoms with van der Waals surface area (Å²) < 4.78 is 12.8. The van der Waals surface area contributed by atoms with Crippen LogP contribution in [0.4, 0.5) is 0 Å². The number of aromatic nitrogens is 3. The fourth-order valence-electron chi connectivity index (χ4n) is 2.37. The van der Waals surface area contributed by atoms with E-state index in [0.717, 1.165) is 27.4 Å². The molecule has 2 heterocycles. The van der Waals surface area contributed by atoms with Gasteiger partial charge < -0.3 is 19.8 Å². The highest BCUT2D eigenvalue weighted by Gasteiger charge is 2.15. The summed E-state index contributed by atoms with van der Waals surface area (Å²) in [6.45, 7) is 0.977. The molecule has 0 aliphatic rings. The molecule has 0 atom stereocenters. The maximum Gasteiger partial charge on any atom is 0.219 e. The van der Waals surface area contributed by atoms with Crippen LogP contribution in [0.2, 0.25) is 0 Å². The Morgan fingerprint density at radius 3 is 2.67 bits per heavy atom. The maximum absolute atomic E-state index is 11.2. The molecule has 1 aromatic carbocycles.